The Morgan fingerprint density at radius 3 is 0.958 bits per heavy atom. The standard InChI is InChI=1S/C63H30N6S3/c1-66-60-62(68-49-21-9-3-15-35(49)41-27-44-38-18-6-12-24-55(38)71-58(44)30-52(41)68)46(32-64)61(67-48-20-8-2-14-34(48)40-26-43-37-17-5-11-23-54(37)70-57(43)29-51(40)67)47(33-65)63(60)69-50-22-10-4-16-36(50)42-28-45-39-19-7-13-25-56(39)72-59(45)31-53(42)69/h2-31H. The number of nitrogens with zero attached hydrogens (tertiary/aromatic N) is 6. The Labute approximate surface area is 420 Å². The minimum absolute atomic E-state index is 0.220. The lowest BCUT2D eigenvalue weighted by Crippen LogP contribution is -2.11. The number of aromatic nitrogens is 3. The topological polar surface area (TPSA) is 66.7 Å². The lowest BCUT2D eigenvalue weighted by molar-refractivity contribution is 1.08. The molecule has 9 heteroatoms. The zero-order chi connectivity index (χ0) is 47.5. The van der Waals surface area contributed by atoms with E-state index in [-0.39, 0.29) is 16.8 Å². The Morgan fingerprint density at radius 2 is 0.625 bits per heavy atom. The zero-order valence-electron chi connectivity index (χ0n) is 37.7. The number of benzene rings is 10. The van der Waals surface area contributed by atoms with Crippen molar-refractivity contribution >= 4 is 166 Å². The fraction of sp³-hybridized carbons (Fsp3) is 0. The molecule has 72 heavy (non-hydrogen) atoms. The third-order valence-corrected chi connectivity index (χ3v) is 18.3. The van der Waals surface area contributed by atoms with Gasteiger partial charge in [-0.15, -0.1) is 34.0 Å². The Kier molecular flexibility index (Phi) is 7.91. The number of rotatable bonds is 3. The highest BCUT2D eigenvalue weighted by molar-refractivity contribution is 7.26. The van der Waals surface area contributed by atoms with E-state index in [1.54, 1.807) is 34.0 Å². The van der Waals surface area contributed by atoms with Gasteiger partial charge in [0.25, 0.3) is 0 Å². The summed E-state index contributed by atoms with van der Waals surface area (Å²) in [6, 6.07) is 69.4. The molecular formula is C63H30N6S3. The molecule has 0 aliphatic heterocycles. The summed E-state index contributed by atoms with van der Waals surface area (Å²) in [5.74, 6) is 0. The van der Waals surface area contributed by atoms with Gasteiger partial charge in [0.2, 0.25) is 5.69 Å². The Morgan fingerprint density at radius 1 is 0.319 bits per heavy atom. The summed E-state index contributed by atoms with van der Waals surface area (Å²) < 4.78 is 13.3. The maximum atomic E-state index is 12.1. The van der Waals surface area contributed by atoms with E-state index in [0.29, 0.717) is 17.1 Å². The highest BCUT2D eigenvalue weighted by Gasteiger charge is 2.33. The van der Waals surface area contributed by atoms with Crippen LogP contribution >= 0.6 is 34.0 Å². The van der Waals surface area contributed by atoms with Crippen LogP contribution in [0.2, 0.25) is 0 Å². The van der Waals surface area contributed by atoms with E-state index in [2.05, 4.69) is 194 Å². The molecule has 16 rings (SSSR count). The normalized spacial score (nSPS) is 12.1. The Bertz CT molecular complexity index is 4740. The van der Waals surface area contributed by atoms with Gasteiger partial charge >= 0.3 is 0 Å². The van der Waals surface area contributed by atoms with Gasteiger partial charge in [0, 0.05) is 92.8 Å². The van der Waals surface area contributed by atoms with Gasteiger partial charge in [0.15, 0.2) is 0 Å². The maximum absolute atomic E-state index is 12.1. The average molecular weight is 967 g/mol. The van der Waals surface area contributed by atoms with Crippen LogP contribution < -0.4 is 0 Å². The van der Waals surface area contributed by atoms with Crippen LogP contribution in [0.25, 0.3) is 148 Å². The molecule has 0 amide bonds. The Balaban J connectivity index is 1.15. The highest BCUT2D eigenvalue weighted by Crippen LogP contribution is 2.51. The monoisotopic (exact) mass is 966 g/mol. The second-order valence-corrected chi connectivity index (χ2v) is 21.7. The second-order valence-electron chi connectivity index (χ2n) is 18.4. The first-order valence-electron chi connectivity index (χ1n) is 23.6. The van der Waals surface area contributed by atoms with Crippen molar-refractivity contribution in [3.8, 4) is 29.2 Å². The molecule has 0 spiro atoms. The molecule has 0 bridgehead atoms. The van der Waals surface area contributed by atoms with Crippen molar-refractivity contribution in [1.29, 1.82) is 10.5 Å². The minimum atomic E-state index is 0.220. The van der Waals surface area contributed by atoms with E-state index in [9.17, 15) is 17.1 Å². The average Bonchev–Trinajstić information content (AvgIpc) is 4.27. The van der Waals surface area contributed by atoms with E-state index in [0.717, 1.165) is 95.7 Å². The van der Waals surface area contributed by atoms with E-state index < -0.39 is 0 Å². The smallest absolute Gasteiger partial charge is 0.236 e. The molecule has 0 saturated carbocycles. The first-order valence-corrected chi connectivity index (χ1v) is 26.0. The van der Waals surface area contributed by atoms with Crippen LogP contribution in [0.4, 0.5) is 5.69 Å². The SMILES string of the molecule is [C-]#[N+]c1c(-n2c3ccccc3c3cc4c(cc32)sc2ccccc24)c(C#N)c(-n2c3ccccc3c3cc4c(cc32)sc2ccccc24)c(C#N)c1-n1c2ccccc2c2cc3c(cc21)sc1ccccc13. The van der Waals surface area contributed by atoms with Crippen LogP contribution in [0, 0.1) is 29.2 Å². The van der Waals surface area contributed by atoms with Crippen LogP contribution in [-0.2, 0) is 0 Å². The molecule has 0 N–H and O–H groups in total. The first kappa shape index (κ1) is 39.6. The summed E-state index contributed by atoms with van der Waals surface area (Å²) in [6.07, 6.45) is 0. The van der Waals surface area contributed by atoms with Crippen molar-refractivity contribution < 1.29 is 0 Å². The molecule has 330 valence electrons. The summed E-state index contributed by atoms with van der Waals surface area (Å²) in [6.45, 7) is 9.44. The van der Waals surface area contributed by atoms with Crippen molar-refractivity contribution in [3.63, 3.8) is 0 Å². The summed E-state index contributed by atoms with van der Waals surface area (Å²) in [7, 11) is 0. The minimum Gasteiger partial charge on any atom is -0.317 e. The summed E-state index contributed by atoms with van der Waals surface area (Å²) in [5.41, 5.74) is 7.23. The molecule has 0 fully saturated rings. The van der Waals surface area contributed by atoms with Crippen LogP contribution in [0.5, 0.6) is 0 Å². The van der Waals surface area contributed by atoms with Gasteiger partial charge in [-0.3, -0.25) is 0 Å². The van der Waals surface area contributed by atoms with Gasteiger partial charge in [-0.2, -0.15) is 10.5 Å². The molecule has 0 saturated heterocycles. The fourth-order valence-corrected chi connectivity index (χ4v) is 15.3. The summed E-state index contributed by atoms with van der Waals surface area (Å²) in [4.78, 5) is 4.54. The second kappa shape index (κ2) is 14.4. The quantitative estimate of drug-likeness (QED) is 0.166. The predicted molar refractivity (Wildman–Crippen MR) is 304 cm³/mol. The Hall–Kier alpha value is -9.27. The molecule has 0 atom stereocenters. The maximum Gasteiger partial charge on any atom is 0.236 e. The number of fused-ring (bicyclic) bond motifs is 18. The molecule has 6 nitrogen and oxygen atoms in total. The number of hydrogen-bond donors (Lipinski definition) is 0. The van der Waals surface area contributed by atoms with Gasteiger partial charge in [0.1, 0.15) is 12.1 Å². The molecule has 16 aromatic rings. The van der Waals surface area contributed by atoms with Crippen LogP contribution in [0.1, 0.15) is 11.1 Å². The number of thiophene rings is 3. The van der Waals surface area contributed by atoms with E-state index in [1.807, 2.05) is 18.2 Å². The molecule has 0 aliphatic rings. The van der Waals surface area contributed by atoms with Crippen LogP contribution in [0.3, 0.4) is 0 Å². The van der Waals surface area contributed by atoms with E-state index in [4.69, 9.17) is 0 Å². The van der Waals surface area contributed by atoms with Crippen LogP contribution in [-0.4, -0.2) is 13.7 Å². The predicted octanol–water partition coefficient (Wildman–Crippen LogP) is 18.4. The van der Waals surface area contributed by atoms with Crippen molar-refractivity contribution in [2.45, 2.75) is 0 Å². The third kappa shape index (κ3) is 5.07. The van der Waals surface area contributed by atoms with E-state index in [1.165, 1.54) is 30.3 Å². The number of para-hydroxylation sites is 3. The van der Waals surface area contributed by atoms with Gasteiger partial charge in [-0.05, 0) is 72.8 Å². The zero-order valence-corrected chi connectivity index (χ0v) is 40.2. The summed E-state index contributed by atoms with van der Waals surface area (Å²) in [5, 5.41) is 37.4. The van der Waals surface area contributed by atoms with Gasteiger partial charge in [0.05, 0.1) is 67.9 Å². The lowest BCUT2D eigenvalue weighted by atomic mass is 9.99. The number of hydrogen-bond acceptors (Lipinski definition) is 5. The first-order chi connectivity index (χ1) is 35.6. The summed E-state index contributed by atoms with van der Waals surface area (Å²) >= 11 is 5.22. The molecule has 6 heterocycles. The van der Waals surface area contributed by atoms with Gasteiger partial charge < -0.3 is 13.7 Å². The lowest BCUT2D eigenvalue weighted by Gasteiger charge is -2.23. The number of nitriles is 2. The van der Waals surface area contributed by atoms with Crippen molar-refractivity contribution in [2.75, 3.05) is 0 Å². The molecule has 0 radical (unpaired) electrons. The molecular weight excluding hydrogens is 937 g/mol. The van der Waals surface area contributed by atoms with Crippen molar-refractivity contribution in [1.82, 2.24) is 13.7 Å². The van der Waals surface area contributed by atoms with Gasteiger partial charge in [-0.25, -0.2) is 4.85 Å². The van der Waals surface area contributed by atoms with E-state index >= 15 is 0 Å². The fourth-order valence-electron chi connectivity index (χ4n) is 12.0. The van der Waals surface area contributed by atoms with Gasteiger partial charge in [-0.1, -0.05) is 109 Å². The molecule has 0 unspecified atom stereocenters. The third-order valence-electron chi connectivity index (χ3n) is 14.9. The highest BCUT2D eigenvalue weighted by atomic mass is 32.1. The van der Waals surface area contributed by atoms with Crippen molar-refractivity contribution in [3.05, 3.63) is 205 Å². The van der Waals surface area contributed by atoms with Crippen LogP contribution in [0.15, 0.2) is 182 Å². The molecule has 10 aromatic carbocycles. The van der Waals surface area contributed by atoms with Crippen molar-refractivity contribution in [2.24, 2.45) is 0 Å². The largest absolute Gasteiger partial charge is 0.317 e. The molecule has 0 aliphatic carbocycles. The molecule has 6 aromatic heterocycles.